The number of aliphatic carboxylic acids is 1. The molecule has 0 bridgehead atoms. The summed E-state index contributed by atoms with van der Waals surface area (Å²) in [6.45, 7) is 5.05. The van der Waals surface area contributed by atoms with Crippen LogP contribution in [0.5, 0.6) is 0 Å². The smallest absolute Gasteiger partial charge is 0.307 e. The van der Waals surface area contributed by atoms with Crippen molar-refractivity contribution in [3.05, 3.63) is 24.2 Å². The molecule has 1 aromatic heterocycles. The van der Waals surface area contributed by atoms with E-state index in [1.165, 1.54) is 0 Å². The molecule has 1 heterocycles. The number of furan rings is 1. The summed E-state index contributed by atoms with van der Waals surface area (Å²) in [6.07, 6.45) is 1.55. The highest BCUT2D eigenvalue weighted by atomic mass is 16.4. The Morgan fingerprint density at radius 3 is 2.79 bits per heavy atom. The summed E-state index contributed by atoms with van der Waals surface area (Å²) in [4.78, 5) is 24.3. The largest absolute Gasteiger partial charge is 0.481 e. The van der Waals surface area contributed by atoms with Crippen molar-refractivity contribution in [2.75, 3.05) is 19.6 Å². The van der Waals surface area contributed by atoms with Gasteiger partial charge in [0.25, 0.3) is 0 Å². The quantitative estimate of drug-likeness (QED) is 0.733. The normalized spacial score (nSPS) is 12.4. The average Bonchev–Trinajstić information content (AvgIpc) is 2.88. The van der Waals surface area contributed by atoms with Gasteiger partial charge in [0, 0.05) is 6.54 Å². The Bertz CT molecular complexity index is 403. The summed E-state index contributed by atoms with van der Waals surface area (Å²) in [5.74, 6) is -0.793. The third-order valence-electron chi connectivity index (χ3n) is 2.81. The molecule has 6 heteroatoms. The lowest BCUT2D eigenvalue weighted by Crippen LogP contribution is -2.40. The van der Waals surface area contributed by atoms with Crippen LogP contribution in [0.15, 0.2) is 22.8 Å². The van der Waals surface area contributed by atoms with Crippen molar-refractivity contribution >= 4 is 11.9 Å². The average molecular weight is 268 g/mol. The summed E-state index contributed by atoms with van der Waals surface area (Å²) in [5, 5.41) is 11.6. The Balaban J connectivity index is 2.34. The van der Waals surface area contributed by atoms with Crippen LogP contribution in [0.2, 0.25) is 0 Å². The van der Waals surface area contributed by atoms with Gasteiger partial charge in [-0.2, -0.15) is 0 Å². The van der Waals surface area contributed by atoms with E-state index in [1.54, 1.807) is 30.2 Å². The maximum absolute atomic E-state index is 11.7. The molecule has 0 spiro atoms. The summed E-state index contributed by atoms with van der Waals surface area (Å²) in [6, 6.07) is 3.54. The highest BCUT2D eigenvalue weighted by Gasteiger charge is 2.17. The Labute approximate surface area is 112 Å². The first-order chi connectivity index (χ1) is 9.02. The molecule has 1 unspecified atom stereocenters. The van der Waals surface area contributed by atoms with Crippen LogP contribution in [0.1, 0.15) is 19.6 Å². The van der Waals surface area contributed by atoms with Crippen LogP contribution in [0.25, 0.3) is 0 Å². The van der Waals surface area contributed by atoms with Gasteiger partial charge in [-0.25, -0.2) is 0 Å². The molecule has 0 aliphatic rings. The van der Waals surface area contributed by atoms with E-state index in [0.717, 1.165) is 0 Å². The fraction of sp³-hybridized carbons (Fsp3) is 0.538. The Morgan fingerprint density at radius 2 is 2.26 bits per heavy atom. The van der Waals surface area contributed by atoms with Crippen molar-refractivity contribution in [3.63, 3.8) is 0 Å². The van der Waals surface area contributed by atoms with Crippen molar-refractivity contribution in [1.82, 2.24) is 10.2 Å². The van der Waals surface area contributed by atoms with E-state index in [2.05, 4.69) is 5.32 Å². The van der Waals surface area contributed by atoms with Gasteiger partial charge in [-0.1, -0.05) is 13.8 Å². The van der Waals surface area contributed by atoms with Crippen LogP contribution in [-0.2, 0) is 16.1 Å². The molecule has 19 heavy (non-hydrogen) atoms. The van der Waals surface area contributed by atoms with E-state index in [-0.39, 0.29) is 12.5 Å². The topological polar surface area (TPSA) is 82.8 Å². The number of nitrogens with zero attached hydrogens (tertiary/aromatic N) is 1. The number of carbonyl (C=O) groups excluding carboxylic acids is 1. The van der Waals surface area contributed by atoms with Crippen LogP contribution in [0, 0.1) is 5.92 Å². The van der Waals surface area contributed by atoms with Crippen LogP contribution >= 0.6 is 0 Å². The van der Waals surface area contributed by atoms with Gasteiger partial charge in [-0.05, 0) is 18.7 Å². The number of rotatable bonds is 8. The van der Waals surface area contributed by atoms with Crippen molar-refractivity contribution in [2.45, 2.75) is 20.4 Å². The molecule has 0 aromatic carbocycles. The first kappa shape index (κ1) is 15.2. The predicted molar refractivity (Wildman–Crippen MR) is 69.5 cm³/mol. The number of likely N-dealkylation sites (N-methyl/N-ethyl adjacent to an activating group) is 1. The molecule has 1 rings (SSSR count). The second kappa shape index (κ2) is 7.58. The SMILES string of the molecule is CCN(CC(=O)NCc1ccco1)CC(C)C(=O)O. The number of carboxylic acids is 1. The third-order valence-corrected chi connectivity index (χ3v) is 2.81. The van der Waals surface area contributed by atoms with E-state index >= 15 is 0 Å². The summed E-state index contributed by atoms with van der Waals surface area (Å²) in [5.41, 5.74) is 0. The summed E-state index contributed by atoms with van der Waals surface area (Å²) >= 11 is 0. The standard InChI is InChI=1S/C13H20N2O4/c1-3-15(8-10(2)13(17)18)9-12(16)14-7-11-5-4-6-19-11/h4-6,10H,3,7-9H2,1-2H3,(H,14,16)(H,17,18). The van der Waals surface area contributed by atoms with E-state index in [0.29, 0.717) is 25.4 Å². The Kier molecular flexibility index (Phi) is 6.08. The minimum absolute atomic E-state index is 0.143. The zero-order valence-corrected chi connectivity index (χ0v) is 11.3. The van der Waals surface area contributed by atoms with E-state index < -0.39 is 11.9 Å². The maximum Gasteiger partial charge on any atom is 0.307 e. The van der Waals surface area contributed by atoms with E-state index in [4.69, 9.17) is 9.52 Å². The van der Waals surface area contributed by atoms with E-state index in [1.807, 2.05) is 6.92 Å². The lowest BCUT2D eigenvalue weighted by atomic mass is 10.1. The number of carboxylic acid groups (broad SMARTS) is 1. The Morgan fingerprint density at radius 1 is 1.53 bits per heavy atom. The van der Waals surface area contributed by atoms with Crippen LogP contribution in [-0.4, -0.2) is 41.5 Å². The molecule has 0 aliphatic carbocycles. The highest BCUT2D eigenvalue weighted by Crippen LogP contribution is 2.01. The first-order valence-corrected chi connectivity index (χ1v) is 6.27. The van der Waals surface area contributed by atoms with Gasteiger partial charge in [-0.3, -0.25) is 14.5 Å². The molecule has 106 valence electrons. The molecule has 0 radical (unpaired) electrons. The maximum atomic E-state index is 11.7. The summed E-state index contributed by atoms with van der Waals surface area (Å²) in [7, 11) is 0. The molecule has 1 aromatic rings. The molecular weight excluding hydrogens is 248 g/mol. The molecular formula is C13H20N2O4. The van der Waals surface area contributed by atoms with E-state index in [9.17, 15) is 9.59 Å². The second-order valence-electron chi connectivity index (χ2n) is 4.42. The van der Waals surface area contributed by atoms with Crippen LogP contribution in [0.3, 0.4) is 0 Å². The zero-order valence-electron chi connectivity index (χ0n) is 11.3. The minimum atomic E-state index is -0.852. The van der Waals surface area contributed by atoms with Crippen molar-refractivity contribution in [1.29, 1.82) is 0 Å². The number of nitrogens with one attached hydrogen (secondary N) is 1. The van der Waals surface area contributed by atoms with Crippen molar-refractivity contribution in [3.8, 4) is 0 Å². The van der Waals surface area contributed by atoms with Crippen LogP contribution in [0.4, 0.5) is 0 Å². The molecule has 0 saturated heterocycles. The second-order valence-corrected chi connectivity index (χ2v) is 4.42. The third kappa shape index (κ3) is 5.56. The first-order valence-electron chi connectivity index (χ1n) is 6.27. The fourth-order valence-corrected chi connectivity index (χ4v) is 1.63. The predicted octanol–water partition coefficient (Wildman–Crippen LogP) is 0.938. The van der Waals surface area contributed by atoms with Gasteiger partial charge >= 0.3 is 5.97 Å². The van der Waals surface area contributed by atoms with Crippen molar-refractivity contribution in [2.24, 2.45) is 5.92 Å². The molecule has 1 amide bonds. The molecule has 1 atom stereocenters. The van der Waals surface area contributed by atoms with Crippen LogP contribution < -0.4 is 5.32 Å². The number of amides is 1. The molecule has 2 N–H and O–H groups in total. The fourth-order valence-electron chi connectivity index (χ4n) is 1.63. The Hall–Kier alpha value is -1.82. The number of carbonyl (C=O) groups is 2. The molecule has 0 fully saturated rings. The monoisotopic (exact) mass is 268 g/mol. The molecule has 6 nitrogen and oxygen atoms in total. The van der Waals surface area contributed by atoms with Gasteiger partial charge in [0.05, 0.1) is 25.3 Å². The van der Waals surface area contributed by atoms with Gasteiger partial charge in [0.1, 0.15) is 5.76 Å². The molecule has 0 saturated carbocycles. The number of hydrogen-bond acceptors (Lipinski definition) is 4. The zero-order chi connectivity index (χ0) is 14.3. The lowest BCUT2D eigenvalue weighted by molar-refractivity contribution is -0.142. The number of hydrogen-bond donors (Lipinski definition) is 2. The highest BCUT2D eigenvalue weighted by molar-refractivity contribution is 5.78. The molecule has 0 aliphatic heterocycles. The summed E-state index contributed by atoms with van der Waals surface area (Å²) < 4.78 is 5.11. The minimum Gasteiger partial charge on any atom is -0.481 e. The van der Waals surface area contributed by atoms with Gasteiger partial charge in [0.15, 0.2) is 0 Å². The van der Waals surface area contributed by atoms with Crippen molar-refractivity contribution < 1.29 is 19.1 Å². The lowest BCUT2D eigenvalue weighted by Gasteiger charge is -2.21. The van der Waals surface area contributed by atoms with Gasteiger partial charge in [0.2, 0.25) is 5.91 Å². The van der Waals surface area contributed by atoms with Gasteiger partial charge < -0.3 is 14.8 Å². The van der Waals surface area contributed by atoms with Gasteiger partial charge in [-0.15, -0.1) is 0 Å².